The Morgan fingerprint density at radius 2 is 1.93 bits per heavy atom. The SMILES string of the molecule is Cc1nc2cccc3n(CCCCCNS(=O)(=O)CC(F)(F)F)c(=O)c1n23. The van der Waals surface area contributed by atoms with Crippen LogP contribution in [-0.4, -0.2) is 40.8 Å². The van der Waals surface area contributed by atoms with E-state index in [4.69, 9.17) is 0 Å². The zero-order valence-corrected chi connectivity index (χ0v) is 15.4. The second-order valence-electron chi connectivity index (χ2n) is 6.41. The van der Waals surface area contributed by atoms with E-state index in [-0.39, 0.29) is 12.1 Å². The van der Waals surface area contributed by atoms with Crippen LogP contribution in [0, 0.1) is 6.92 Å². The van der Waals surface area contributed by atoms with Gasteiger partial charge in [0.2, 0.25) is 10.0 Å². The van der Waals surface area contributed by atoms with Gasteiger partial charge in [-0.05, 0) is 31.9 Å². The Kier molecular flexibility index (Phi) is 5.17. The van der Waals surface area contributed by atoms with Crippen molar-refractivity contribution in [3.05, 3.63) is 34.2 Å². The largest absolute Gasteiger partial charge is 0.404 e. The molecule has 0 unspecified atom stereocenters. The van der Waals surface area contributed by atoms with E-state index < -0.39 is 22.0 Å². The zero-order chi connectivity index (χ0) is 19.8. The molecule has 0 amide bonds. The molecular weight excluding hydrogens is 385 g/mol. The van der Waals surface area contributed by atoms with Crippen LogP contribution in [0.4, 0.5) is 13.2 Å². The maximum Gasteiger partial charge on any atom is 0.404 e. The number of sulfonamides is 1. The summed E-state index contributed by atoms with van der Waals surface area (Å²) in [6.45, 7) is 2.15. The average molecular weight is 404 g/mol. The molecule has 148 valence electrons. The molecule has 11 heteroatoms. The first-order valence-electron chi connectivity index (χ1n) is 8.43. The fourth-order valence-corrected chi connectivity index (χ4v) is 4.15. The number of unbranched alkanes of at least 4 members (excludes halogenated alkanes) is 2. The van der Waals surface area contributed by atoms with Crippen molar-refractivity contribution < 1.29 is 21.6 Å². The lowest BCUT2D eigenvalue weighted by Gasteiger charge is -2.09. The van der Waals surface area contributed by atoms with E-state index in [1.54, 1.807) is 11.5 Å². The lowest BCUT2D eigenvalue weighted by molar-refractivity contribution is -0.106. The molecule has 0 aromatic carbocycles. The van der Waals surface area contributed by atoms with Gasteiger partial charge in [0.15, 0.2) is 5.75 Å². The van der Waals surface area contributed by atoms with E-state index in [1.165, 1.54) is 0 Å². The van der Waals surface area contributed by atoms with Crippen LogP contribution >= 0.6 is 0 Å². The number of aryl methyl sites for hydroxylation is 2. The molecule has 0 fully saturated rings. The molecule has 0 atom stereocenters. The highest BCUT2D eigenvalue weighted by Crippen LogP contribution is 2.18. The maximum absolute atomic E-state index is 12.6. The van der Waals surface area contributed by atoms with E-state index in [2.05, 4.69) is 4.98 Å². The van der Waals surface area contributed by atoms with Crippen LogP contribution in [-0.2, 0) is 16.6 Å². The van der Waals surface area contributed by atoms with Crippen LogP contribution in [0.1, 0.15) is 25.0 Å². The smallest absolute Gasteiger partial charge is 0.292 e. The Morgan fingerprint density at radius 3 is 2.63 bits per heavy atom. The minimum atomic E-state index is -4.76. The van der Waals surface area contributed by atoms with Crippen molar-refractivity contribution in [3.8, 4) is 0 Å². The average Bonchev–Trinajstić information content (AvgIpc) is 3.01. The van der Waals surface area contributed by atoms with Crippen molar-refractivity contribution >= 4 is 26.8 Å². The van der Waals surface area contributed by atoms with Gasteiger partial charge in [0, 0.05) is 13.1 Å². The highest BCUT2D eigenvalue weighted by molar-refractivity contribution is 7.89. The Balaban J connectivity index is 1.56. The third kappa shape index (κ3) is 4.24. The first kappa shape index (κ1) is 19.6. The van der Waals surface area contributed by atoms with Gasteiger partial charge in [-0.15, -0.1) is 0 Å². The summed E-state index contributed by atoms with van der Waals surface area (Å²) in [5.74, 6) is -1.88. The lowest BCUT2D eigenvalue weighted by Crippen LogP contribution is -2.34. The quantitative estimate of drug-likeness (QED) is 0.583. The van der Waals surface area contributed by atoms with Crippen LogP contribution in [0.2, 0.25) is 0 Å². The molecule has 3 heterocycles. The highest BCUT2D eigenvalue weighted by atomic mass is 32.2. The molecule has 0 saturated carbocycles. The fraction of sp³-hybridized carbons (Fsp3) is 0.500. The van der Waals surface area contributed by atoms with Crippen molar-refractivity contribution in [2.45, 2.75) is 38.9 Å². The molecule has 27 heavy (non-hydrogen) atoms. The van der Waals surface area contributed by atoms with Gasteiger partial charge in [-0.3, -0.25) is 13.8 Å². The van der Waals surface area contributed by atoms with Crippen molar-refractivity contribution in [2.24, 2.45) is 0 Å². The normalized spacial score (nSPS) is 13.2. The molecule has 7 nitrogen and oxygen atoms in total. The number of aromatic nitrogens is 3. The maximum atomic E-state index is 12.6. The summed E-state index contributed by atoms with van der Waals surface area (Å²) in [5, 5.41) is 0. The van der Waals surface area contributed by atoms with E-state index >= 15 is 0 Å². The molecular formula is C16H19F3N4O3S. The number of halogens is 3. The predicted molar refractivity (Wildman–Crippen MR) is 94.6 cm³/mol. The zero-order valence-electron chi connectivity index (χ0n) is 14.6. The summed E-state index contributed by atoms with van der Waals surface area (Å²) in [6, 6.07) is 5.47. The number of pyridine rings is 1. The minimum Gasteiger partial charge on any atom is -0.292 e. The molecule has 3 aromatic rings. The third-order valence-electron chi connectivity index (χ3n) is 4.26. The molecule has 3 aromatic heterocycles. The van der Waals surface area contributed by atoms with Crippen LogP contribution in [0.3, 0.4) is 0 Å². The Labute approximate surface area is 153 Å². The van der Waals surface area contributed by atoms with Gasteiger partial charge >= 0.3 is 6.18 Å². The lowest BCUT2D eigenvalue weighted by atomic mass is 10.2. The van der Waals surface area contributed by atoms with E-state index in [0.717, 1.165) is 5.65 Å². The van der Waals surface area contributed by atoms with Crippen molar-refractivity contribution in [1.82, 2.24) is 18.7 Å². The summed E-state index contributed by atoms with van der Waals surface area (Å²) in [7, 11) is -4.36. The fourth-order valence-electron chi connectivity index (χ4n) is 3.16. The predicted octanol–water partition coefficient (Wildman–Crippen LogP) is 2.05. The summed E-state index contributed by atoms with van der Waals surface area (Å²) in [4.78, 5) is 17.0. The first-order chi connectivity index (χ1) is 12.6. The van der Waals surface area contributed by atoms with Crippen LogP contribution in [0.15, 0.2) is 23.0 Å². The molecule has 0 aliphatic heterocycles. The van der Waals surface area contributed by atoms with Crippen LogP contribution < -0.4 is 10.3 Å². The molecule has 0 saturated heterocycles. The number of nitrogens with zero attached hydrogens (tertiary/aromatic N) is 3. The topological polar surface area (TPSA) is 85.5 Å². The second kappa shape index (κ2) is 7.12. The van der Waals surface area contributed by atoms with Crippen LogP contribution in [0.25, 0.3) is 16.8 Å². The summed E-state index contributed by atoms with van der Waals surface area (Å²) >= 11 is 0. The van der Waals surface area contributed by atoms with Gasteiger partial charge < -0.3 is 0 Å². The number of nitrogens with one attached hydrogen (secondary N) is 1. The summed E-state index contributed by atoms with van der Waals surface area (Å²) < 4.78 is 64.3. The van der Waals surface area contributed by atoms with E-state index in [9.17, 15) is 26.4 Å². The molecule has 0 aliphatic carbocycles. The highest BCUT2D eigenvalue weighted by Gasteiger charge is 2.34. The number of hydrogen-bond acceptors (Lipinski definition) is 4. The minimum absolute atomic E-state index is 0.0645. The monoisotopic (exact) mass is 404 g/mol. The standard InChI is InChI=1S/C16H19F3N4O3S/c1-11-14-15(24)22(13-7-5-6-12(21-11)23(13)14)9-4-2-3-8-20-27(25,26)10-16(17,18)19/h5-7,20H,2-4,8-10H2,1H3. The number of imidazole rings is 2. The van der Waals surface area contributed by atoms with Crippen LogP contribution in [0.5, 0.6) is 0 Å². The third-order valence-corrected chi connectivity index (χ3v) is 5.61. The summed E-state index contributed by atoms with van der Waals surface area (Å²) in [5.41, 5.74) is 2.51. The van der Waals surface area contributed by atoms with Gasteiger partial charge in [-0.25, -0.2) is 18.1 Å². The van der Waals surface area contributed by atoms with E-state index in [0.29, 0.717) is 42.7 Å². The first-order valence-corrected chi connectivity index (χ1v) is 10.1. The molecule has 0 bridgehead atoms. The Hall–Kier alpha value is -2.14. The van der Waals surface area contributed by atoms with Gasteiger partial charge in [0.1, 0.15) is 16.8 Å². The van der Waals surface area contributed by atoms with Gasteiger partial charge in [-0.2, -0.15) is 13.2 Å². The number of hydrogen-bond donors (Lipinski definition) is 1. The summed E-state index contributed by atoms with van der Waals surface area (Å²) in [6.07, 6.45) is -3.20. The van der Waals surface area contributed by atoms with Gasteiger partial charge in [-0.1, -0.05) is 12.5 Å². The molecule has 3 rings (SSSR count). The number of alkyl halides is 3. The van der Waals surface area contributed by atoms with E-state index in [1.807, 2.05) is 27.3 Å². The molecule has 0 aliphatic rings. The van der Waals surface area contributed by atoms with Crippen molar-refractivity contribution in [2.75, 3.05) is 12.3 Å². The Morgan fingerprint density at radius 1 is 1.19 bits per heavy atom. The van der Waals surface area contributed by atoms with Gasteiger partial charge in [0.05, 0.1) is 5.69 Å². The number of rotatable bonds is 8. The molecule has 0 spiro atoms. The Bertz CT molecular complexity index is 1100. The molecule has 0 radical (unpaired) electrons. The van der Waals surface area contributed by atoms with Gasteiger partial charge in [0.25, 0.3) is 5.56 Å². The van der Waals surface area contributed by atoms with Crippen molar-refractivity contribution in [1.29, 1.82) is 0 Å². The van der Waals surface area contributed by atoms with Crippen molar-refractivity contribution in [3.63, 3.8) is 0 Å². The molecule has 1 N–H and O–H groups in total. The second-order valence-corrected chi connectivity index (χ2v) is 8.22.